The van der Waals surface area contributed by atoms with E-state index < -0.39 is 0 Å². The Morgan fingerprint density at radius 2 is 1.96 bits per heavy atom. The highest BCUT2D eigenvalue weighted by Gasteiger charge is 2.26. The summed E-state index contributed by atoms with van der Waals surface area (Å²) >= 11 is 1.60. The van der Waals surface area contributed by atoms with Gasteiger partial charge < -0.3 is 19.7 Å². The molecule has 1 fully saturated rings. The van der Waals surface area contributed by atoms with Gasteiger partial charge in [-0.05, 0) is 26.0 Å². The van der Waals surface area contributed by atoms with Gasteiger partial charge in [0.15, 0.2) is 0 Å². The predicted octanol–water partition coefficient (Wildman–Crippen LogP) is 2.86. The van der Waals surface area contributed by atoms with Crippen LogP contribution in [-0.4, -0.2) is 55.7 Å². The summed E-state index contributed by atoms with van der Waals surface area (Å²) in [6, 6.07) is 6.00. The number of benzene rings is 1. The van der Waals surface area contributed by atoms with Gasteiger partial charge in [0.2, 0.25) is 5.91 Å². The molecular formula is C17H26N2O3S. The minimum atomic E-state index is 0.0191. The summed E-state index contributed by atoms with van der Waals surface area (Å²) in [5.41, 5.74) is 0.957. The van der Waals surface area contributed by atoms with Crippen molar-refractivity contribution in [1.82, 2.24) is 4.90 Å². The summed E-state index contributed by atoms with van der Waals surface area (Å²) in [4.78, 5) is 14.3. The molecule has 2 atom stereocenters. The Labute approximate surface area is 142 Å². The molecule has 1 aliphatic heterocycles. The normalized spacial score (nSPS) is 19.1. The highest BCUT2D eigenvalue weighted by Crippen LogP contribution is 2.27. The molecule has 1 saturated heterocycles. The molecule has 0 radical (unpaired) electrons. The quantitative estimate of drug-likeness (QED) is 0.864. The van der Waals surface area contributed by atoms with E-state index in [1.807, 2.05) is 36.3 Å². The number of nitrogens with zero attached hydrogens (tertiary/aromatic N) is 1. The molecule has 0 bridgehead atoms. The molecule has 0 aliphatic carbocycles. The number of nitrogens with one attached hydrogen (secondary N) is 1. The van der Waals surface area contributed by atoms with Crippen LogP contribution in [0.5, 0.6) is 11.5 Å². The number of anilines is 1. The standard InChI is InChI=1S/C17H26N2O3S/c1-12(23-4)17(20)19-7-5-6-13(11-19)18-14-8-15(21-2)10-16(9-14)22-3/h8-10,12-13,18H,5-7,11H2,1-4H3/t12-,13+/m1/s1. The van der Waals surface area contributed by atoms with E-state index in [1.165, 1.54) is 0 Å². The maximum Gasteiger partial charge on any atom is 0.235 e. The summed E-state index contributed by atoms with van der Waals surface area (Å²) < 4.78 is 10.6. The molecule has 0 aromatic heterocycles. The molecule has 1 aromatic rings. The van der Waals surface area contributed by atoms with Crippen LogP contribution in [0.2, 0.25) is 0 Å². The van der Waals surface area contributed by atoms with Crippen molar-refractivity contribution >= 4 is 23.4 Å². The van der Waals surface area contributed by atoms with Crippen molar-refractivity contribution in [3.63, 3.8) is 0 Å². The number of piperidine rings is 1. The van der Waals surface area contributed by atoms with Gasteiger partial charge in [-0.1, -0.05) is 0 Å². The van der Waals surface area contributed by atoms with Crippen molar-refractivity contribution in [2.75, 3.05) is 38.9 Å². The molecule has 1 N–H and O–H groups in total. The zero-order valence-corrected chi connectivity index (χ0v) is 15.1. The number of amides is 1. The number of carbonyl (C=O) groups is 1. The minimum absolute atomic E-state index is 0.0191. The van der Waals surface area contributed by atoms with Crippen LogP contribution in [-0.2, 0) is 4.79 Å². The molecule has 1 aliphatic rings. The van der Waals surface area contributed by atoms with Crippen molar-refractivity contribution in [3.8, 4) is 11.5 Å². The van der Waals surface area contributed by atoms with Crippen molar-refractivity contribution in [3.05, 3.63) is 18.2 Å². The van der Waals surface area contributed by atoms with Crippen LogP contribution in [0, 0.1) is 0 Å². The Kier molecular flexibility index (Phi) is 6.45. The van der Waals surface area contributed by atoms with Gasteiger partial charge in [0.25, 0.3) is 0 Å². The van der Waals surface area contributed by atoms with E-state index in [0.29, 0.717) is 0 Å². The Bertz CT molecular complexity index is 516. The molecule has 6 heteroatoms. The van der Waals surface area contributed by atoms with E-state index in [0.717, 1.165) is 43.1 Å². The summed E-state index contributed by atoms with van der Waals surface area (Å²) in [7, 11) is 3.28. The lowest BCUT2D eigenvalue weighted by Gasteiger charge is -2.35. The molecule has 23 heavy (non-hydrogen) atoms. The molecule has 0 saturated carbocycles. The summed E-state index contributed by atoms with van der Waals surface area (Å²) in [6.07, 6.45) is 4.05. The average Bonchev–Trinajstić information content (AvgIpc) is 2.60. The van der Waals surface area contributed by atoms with Gasteiger partial charge in [0.1, 0.15) is 11.5 Å². The SMILES string of the molecule is COc1cc(N[C@H]2CCCN(C(=O)[C@@H](C)SC)C2)cc(OC)c1. The lowest BCUT2D eigenvalue weighted by molar-refractivity contribution is -0.131. The number of methoxy groups -OCH3 is 2. The number of hydrogen-bond donors (Lipinski definition) is 1. The van der Waals surface area contributed by atoms with Gasteiger partial charge in [0.05, 0.1) is 19.5 Å². The number of hydrogen-bond acceptors (Lipinski definition) is 5. The number of ether oxygens (including phenoxy) is 2. The van der Waals surface area contributed by atoms with Crippen LogP contribution >= 0.6 is 11.8 Å². The van der Waals surface area contributed by atoms with Gasteiger partial charge in [-0.25, -0.2) is 0 Å². The third kappa shape index (κ3) is 4.70. The van der Waals surface area contributed by atoms with E-state index in [9.17, 15) is 4.79 Å². The Balaban J connectivity index is 2.04. The molecule has 0 spiro atoms. The zero-order valence-electron chi connectivity index (χ0n) is 14.3. The van der Waals surface area contributed by atoms with Crippen molar-refractivity contribution in [2.45, 2.75) is 31.1 Å². The second kappa shape index (κ2) is 8.34. The molecular weight excluding hydrogens is 312 g/mol. The minimum Gasteiger partial charge on any atom is -0.497 e. The molecule has 1 amide bonds. The first-order valence-corrected chi connectivity index (χ1v) is 9.17. The number of thioether (sulfide) groups is 1. The topological polar surface area (TPSA) is 50.8 Å². The number of rotatable bonds is 6. The third-order valence-electron chi connectivity index (χ3n) is 4.16. The smallest absolute Gasteiger partial charge is 0.235 e. The van der Waals surface area contributed by atoms with Gasteiger partial charge in [-0.2, -0.15) is 11.8 Å². The Morgan fingerprint density at radius 3 is 2.52 bits per heavy atom. The van der Waals surface area contributed by atoms with Crippen LogP contribution in [0.25, 0.3) is 0 Å². The van der Waals surface area contributed by atoms with E-state index in [2.05, 4.69) is 5.32 Å². The second-order valence-corrected chi connectivity index (χ2v) is 6.93. The summed E-state index contributed by atoms with van der Waals surface area (Å²) in [5, 5.41) is 3.53. The van der Waals surface area contributed by atoms with E-state index in [1.54, 1.807) is 26.0 Å². The molecule has 1 aromatic carbocycles. The first kappa shape index (κ1) is 17.8. The fourth-order valence-electron chi connectivity index (χ4n) is 2.78. The summed E-state index contributed by atoms with van der Waals surface area (Å²) in [6.45, 7) is 3.56. The van der Waals surface area contributed by atoms with Crippen molar-refractivity contribution in [1.29, 1.82) is 0 Å². The Hall–Kier alpha value is -1.56. The van der Waals surface area contributed by atoms with Crippen LogP contribution in [0.3, 0.4) is 0 Å². The highest BCUT2D eigenvalue weighted by atomic mass is 32.2. The third-order valence-corrected chi connectivity index (χ3v) is 5.07. The molecule has 5 nitrogen and oxygen atoms in total. The van der Waals surface area contributed by atoms with Crippen LogP contribution in [0.15, 0.2) is 18.2 Å². The predicted molar refractivity (Wildman–Crippen MR) is 95.7 cm³/mol. The van der Waals surface area contributed by atoms with Gasteiger partial charge >= 0.3 is 0 Å². The van der Waals surface area contributed by atoms with E-state index in [-0.39, 0.29) is 17.2 Å². The maximum absolute atomic E-state index is 12.4. The largest absolute Gasteiger partial charge is 0.497 e. The lowest BCUT2D eigenvalue weighted by atomic mass is 10.0. The zero-order chi connectivity index (χ0) is 16.8. The second-order valence-electron chi connectivity index (χ2n) is 5.75. The Morgan fingerprint density at radius 1 is 1.30 bits per heavy atom. The number of likely N-dealkylation sites (tertiary alicyclic amines) is 1. The van der Waals surface area contributed by atoms with Crippen LogP contribution in [0.4, 0.5) is 5.69 Å². The lowest BCUT2D eigenvalue weighted by Crippen LogP contribution is -2.47. The van der Waals surface area contributed by atoms with Gasteiger partial charge in [-0.15, -0.1) is 0 Å². The average molecular weight is 338 g/mol. The van der Waals surface area contributed by atoms with Crippen LogP contribution in [0.1, 0.15) is 19.8 Å². The molecule has 2 rings (SSSR count). The van der Waals surface area contributed by atoms with E-state index in [4.69, 9.17) is 9.47 Å². The van der Waals surface area contributed by atoms with Gasteiger partial charge in [0, 0.05) is 43.0 Å². The maximum atomic E-state index is 12.4. The van der Waals surface area contributed by atoms with Gasteiger partial charge in [-0.3, -0.25) is 4.79 Å². The monoisotopic (exact) mass is 338 g/mol. The first-order chi connectivity index (χ1) is 11.1. The fourth-order valence-corrected chi connectivity index (χ4v) is 3.13. The summed E-state index contributed by atoms with van der Waals surface area (Å²) in [5.74, 6) is 1.74. The van der Waals surface area contributed by atoms with Crippen molar-refractivity contribution in [2.24, 2.45) is 0 Å². The van der Waals surface area contributed by atoms with Crippen molar-refractivity contribution < 1.29 is 14.3 Å². The van der Waals surface area contributed by atoms with Crippen LogP contribution < -0.4 is 14.8 Å². The number of carbonyl (C=O) groups excluding carboxylic acids is 1. The molecule has 1 heterocycles. The fraction of sp³-hybridized carbons (Fsp3) is 0.588. The molecule has 128 valence electrons. The first-order valence-electron chi connectivity index (χ1n) is 7.88. The van der Waals surface area contributed by atoms with E-state index >= 15 is 0 Å². The highest BCUT2D eigenvalue weighted by molar-refractivity contribution is 7.99. The molecule has 0 unspecified atom stereocenters.